The zero-order valence-electron chi connectivity index (χ0n) is 13.6. The summed E-state index contributed by atoms with van der Waals surface area (Å²) in [5.74, 6) is -0.185. The van der Waals surface area contributed by atoms with Crippen LogP contribution in [0.15, 0.2) is 42.5 Å². The molecule has 0 aliphatic carbocycles. The van der Waals surface area contributed by atoms with Gasteiger partial charge in [0.05, 0.1) is 6.61 Å². The monoisotopic (exact) mass is 309 g/mol. The van der Waals surface area contributed by atoms with E-state index in [4.69, 9.17) is 4.74 Å². The lowest BCUT2D eigenvalue weighted by Gasteiger charge is -2.04. The summed E-state index contributed by atoms with van der Waals surface area (Å²) in [5.41, 5.74) is 3.86. The predicted octanol–water partition coefficient (Wildman–Crippen LogP) is 4.99. The molecule has 120 valence electrons. The second-order valence-corrected chi connectivity index (χ2v) is 6.01. The Balaban J connectivity index is 1.59. The van der Waals surface area contributed by atoms with Crippen molar-refractivity contribution in [1.29, 1.82) is 0 Å². The van der Waals surface area contributed by atoms with E-state index in [9.17, 15) is 4.79 Å². The number of hydrogen-bond donors (Lipinski definition) is 1. The minimum absolute atomic E-state index is 0.185. The summed E-state index contributed by atoms with van der Waals surface area (Å²) >= 11 is 0. The molecule has 23 heavy (non-hydrogen) atoms. The molecule has 3 heteroatoms. The van der Waals surface area contributed by atoms with Crippen LogP contribution in [0.25, 0.3) is 21.8 Å². The molecule has 0 amide bonds. The lowest BCUT2D eigenvalue weighted by atomic mass is 10.0. The molecule has 1 heterocycles. The third-order valence-corrected chi connectivity index (χ3v) is 4.27. The maximum atomic E-state index is 10.7. The Labute approximate surface area is 136 Å². The van der Waals surface area contributed by atoms with Crippen LogP contribution in [0.2, 0.25) is 0 Å². The van der Waals surface area contributed by atoms with Crippen molar-refractivity contribution >= 4 is 27.8 Å². The molecular formula is C20H23NO2. The van der Waals surface area contributed by atoms with Crippen LogP contribution in [0.1, 0.15) is 38.2 Å². The fraction of sp³-hybridized carbons (Fsp3) is 0.350. The van der Waals surface area contributed by atoms with Gasteiger partial charge in [0, 0.05) is 28.7 Å². The summed E-state index contributed by atoms with van der Waals surface area (Å²) < 4.78 is 4.95. The smallest absolute Gasteiger partial charge is 0.302 e. The van der Waals surface area contributed by atoms with Crippen LogP contribution < -0.4 is 0 Å². The quantitative estimate of drug-likeness (QED) is 0.493. The molecule has 2 aromatic carbocycles. The van der Waals surface area contributed by atoms with Crippen LogP contribution in [-0.4, -0.2) is 17.6 Å². The lowest BCUT2D eigenvalue weighted by Crippen LogP contribution is -2.00. The van der Waals surface area contributed by atoms with Gasteiger partial charge in [0.25, 0.3) is 0 Å². The molecular weight excluding hydrogens is 286 g/mol. The molecule has 1 N–H and O–H groups in total. The number of aryl methyl sites for hydroxylation is 1. The van der Waals surface area contributed by atoms with Crippen molar-refractivity contribution in [2.45, 2.75) is 39.0 Å². The number of fused-ring (bicyclic) bond motifs is 3. The van der Waals surface area contributed by atoms with Gasteiger partial charge in [0.15, 0.2) is 0 Å². The number of nitrogens with one attached hydrogen (secondary N) is 1. The zero-order chi connectivity index (χ0) is 16.1. The highest BCUT2D eigenvalue weighted by molar-refractivity contribution is 6.08. The minimum atomic E-state index is -0.185. The number of rotatable bonds is 7. The first-order valence-electron chi connectivity index (χ1n) is 8.37. The van der Waals surface area contributed by atoms with Crippen molar-refractivity contribution in [1.82, 2.24) is 4.98 Å². The van der Waals surface area contributed by atoms with Crippen LogP contribution >= 0.6 is 0 Å². The molecule has 3 aromatic rings. The maximum absolute atomic E-state index is 10.7. The Morgan fingerprint density at radius 3 is 2.61 bits per heavy atom. The summed E-state index contributed by atoms with van der Waals surface area (Å²) in [6.07, 6.45) is 5.47. The molecule has 0 aliphatic rings. The third kappa shape index (κ3) is 3.73. The number of carbonyl (C=O) groups excluding carboxylic acids is 1. The molecule has 0 aliphatic heterocycles. The van der Waals surface area contributed by atoms with Crippen LogP contribution in [0.3, 0.4) is 0 Å². The number of aromatic nitrogens is 1. The van der Waals surface area contributed by atoms with Crippen molar-refractivity contribution in [3.8, 4) is 0 Å². The molecule has 1 aromatic heterocycles. The molecule has 0 saturated heterocycles. The van der Waals surface area contributed by atoms with E-state index in [1.54, 1.807) is 0 Å². The number of H-pyrrole nitrogens is 1. The van der Waals surface area contributed by atoms with E-state index in [0.717, 1.165) is 32.1 Å². The van der Waals surface area contributed by atoms with Gasteiger partial charge in [-0.15, -0.1) is 0 Å². The van der Waals surface area contributed by atoms with Gasteiger partial charge in [-0.1, -0.05) is 49.2 Å². The van der Waals surface area contributed by atoms with Gasteiger partial charge in [-0.2, -0.15) is 0 Å². The Hall–Kier alpha value is -2.29. The highest BCUT2D eigenvalue weighted by atomic mass is 16.5. The molecule has 0 atom stereocenters. The number of aromatic amines is 1. The van der Waals surface area contributed by atoms with E-state index in [-0.39, 0.29) is 5.97 Å². The Bertz CT molecular complexity index is 804. The fourth-order valence-electron chi connectivity index (χ4n) is 3.13. The third-order valence-electron chi connectivity index (χ3n) is 4.27. The Morgan fingerprint density at radius 1 is 0.957 bits per heavy atom. The van der Waals surface area contributed by atoms with E-state index in [1.807, 2.05) is 0 Å². The number of ether oxygens (including phenoxy) is 1. The van der Waals surface area contributed by atoms with E-state index < -0.39 is 0 Å². The first kappa shape index (κ1) is 15.6. The molecule has 3 rings (SSSR count). The largest absolute Gasteiger partial charge is 0.466 e. The number of benzene rings is 2. The minimum Gasteiger partial charge on any atom is -0.466 e. The lowest BCUT2D eigenvalue weighted by molar-refractivity contribution is -0.141. The van der Waals surface area contributed by atoms with Crippen LogP contribution in [0, 0.1) is 0 Å². The second-order valence-electron chi connectivity index (χ2n) is 6.01. The average molecular weight is 309 g/mol. The molecule has 0 spiro atoms. The zero-order valence-corrected chi connectivity index (χ0v) is 13.6. The average Bonchev–Trinajstić information content (AvgIpc) is 2.93. The van der Waals surface area contributed by atoms with Crippen molar-refractivity contribution in [3.05, 3.63) is 48.0 Å². The summed E-state index contributed by atoms with van der Waals surface area (Å²) in [6.45, 7) is 2.01. The van der Waals surface area contributed by atoms with Gasteiger partial charge in [0.1, 0.15) is 0 Å². The number of hydrogen-bond acceptors (Lipinski definition) is 2. The van der Waals surface area contributed by atoms with Gasteiger partial charge >= 0.3 is 5.97 Å². The first-order chi connectivity index (χ1) is 11.3. The van der Waals surface area contributed by atoms with Crippen LogP contribution in [-0.2, 0) is 16.0 Å². The number of carbonyl (C=O) groups is 1. The molecule has 3 nitrogen and oxygen atoms in total. The molecule has 0 saturated carbocycles. The van der Waals surface area contributed by atoms with E-state index >= 15 is 0 Å². The van der Waals surface area contributed by atoms with Crippen molar-refractivity contribution in [3.63, 3.8) is 0 Å². The summed E-state index contributed by atoms with van der Waals surface area (Å²) in [6, 6.07) is 15.0. The first-order valence-corrected chi connectivity index (χ1v) is 8.37. The summed E-state index contributed by atoms with van der Waals surface area (Å²) in [4.78, 5) is 14.3. The van der Waals surface area contributed by atoms with E-state index in [2.05, 4.69) is 47.4 Å². The van der Waals surface area contributed by atoms with Gasteiger partial charge in [-0.25, -0.2) is 0 Å². The summed E-state index contributed by atoms with van der Waals surface area (Å²) in [5, 5.41) is 2.61. The SMILES string of the molecule is CC(=O)OCCCCCCc1cccc2c1[nH]c1ccccc12. The predicted molar refractivity (Wildman–Crippen MR) is 94.6 cm³/mol. The number of esters is 1. The topological polar surface area (TPSA) is 42.1 Å². The van der Waals surface area contributed by atoms with Gasteiger partial charge in [0.2, 0.25) is 0 Å². The van der Waals surface area contributed by atoms with Gasteiger partial charge in [-0.3, -0.25) is 4.79 Å². The van der Waals surface area contributed by atoms with Gasteiger partial charge < -0.3 is 9.72 Å². The van der Waals surface area contributed by atoms with Gasteiger partial charge in [-0.05, 0) is 30.9 Å². The highest BCUT2D eigenvalue weighted by Crippen LogP contribution is 2.28. The Kier molecular flexibility index (Phi) is 4.96. The molecule has 0 unspecified atom stereocenters. The van der Waals surface area contributed by atoms with Crippen LogP contribution in [0.4, 0.5) is 0 Å². The maximum Gasteiger partial charge on any atom is 0.302 e. The molecule has 0 bridgehead atoms. The van der Waals surface area contributed by atoms with E-state index in [1.165, 1.54) is 34.3 Å². The Morgan fingerprint density at radius 2 is 1.74 bits per heavy atom. The van der Waals surface area contributed by atoms with Crippen molar-refractivity contribution in [2.24, 2.45) is 0 Å². The normalized spacial score (nSPS) is 11.2. The second kappa shape index (κ2) is 7.32. The molecule has 0 fully saturated rings. The van der Waals surface area contributed by atoms with Crippen molar-refractivity contribution in [2.75, 3.05) is 6.61 Å². The van der Waals surface area contributed by atoms with Crippen LogP contribution in [0.5, 0.6) is 0 Å². The highest BCUT2D eigenvalue weighted by Gasteiger charge is 2.07. The van der Waals surface area contributed by atoms with Crippen molar-refractivity contribution < 1.29 is 9.53 Å². The fourth-order valence-corrected chi connectivity index (χ4v) is 3.13. The number of para-hydroxylation sites is 2. The standard InChI is InChI=1S/C20H23NO2/c1-15(22)23-14-7-3-2-4-9-16-10-8-12-18-17-11-5-6-13-19(17)21-20(16)18/h5-6,8,10-13,21H,2-4,7,9,14H2,1H3. The molecule has 0 radical (unpaired) electrons. The van der Waals surface area contributed by atoms with E-state index in [0.29, 0.717) is 6.61 Å². The summed E-state index contributed by atoms with van der Waals surface area (Å²) in [7, 11) is 0. The number of unbranched alkanes of at least 4 members (excludes halogenated alkanes) is 3.